The van der Waals surface area contributed by atoms with Gasteiger partial charge in [0.05, 0.1) is 18.8 Å². The van der Waals surface area contributed by atoms with Crippen molar-refractivity contribution in [2.75, 3.05) is 24.2 Å². The fraction of sp³-hybridized carbons (Fsp3) is 0.286. The Balaban J connectivity index is 1.26. The third kappa shape index (κ3) is 4.99. The Kier molecular flexibility index (Phi) is 6.04. The number of quaternary nitrogens is 1. The Labute approximate surface area is 168 Å². The molecule has 1 fully saturated rings. The average molecular weight is 395 g/mol. The number of amides is 1. The summed E-state index contributed by atoms with van der Waals surface area (Å²) in [6.07, 6.45) is 2.66. The Morgan fingerprint density at radius 2 is 1.82 bits per heavy atom. The van der Waals surface area contributed by atoms with E-state index in [-0.39, 0.29) is 11.7 Å². The summed E-state index contributed by atoms with van der Waals surface area (Å²) >= 11 is 1.32. The van der Waals surface area contributed by atoms with E-state index < -0.39 is 0 Å². The molecule has 1 aliphatic heterocycles. The number of nitrogens with one attached hydrogen (secondary N) is 3. The van der Waals surface area contributed by atoms with Crippen LogP contribution in [0.25, 0.3) is 11.4 Å². The van der Waals surface area contributed by atoms with Gasteiger partial charge in [0.2, 0.25) is 11.1 Å². The van der Waals surface area contributed by atoms with E-state index in [0.29, 0.717) is 11.0 Å². The number of aromatic nitrogens is 3. The summed E-state index contributed by atoms with van der Waals surface area (Å²) < 4.78 is 0. The smallest absolute Gasteiger partial charge is 0.234 e. The van der Waals surface area contributed by atoms with Crippen molar-refractivity contribution in [3.63, 3.8) is 0 Å². The highest BCUT2D eigenvalue weighted by Crippen LogP contribution is 2.19. The maximum absolute atomic E-state index is 12.2. The maximum atomic E-state index is 12.2. The first kappa shape index (κ1) is 18.7. The van der Waals surface area contributed by atoms with Gasteiger partial charge in [-0.15, -0.1) is 5.10 Å². The fourth-order valence-electron chi connectivity index (χ4n) is 3.41. The highest BCUT2D eigenvalue weighted by molar-refractivity contribution is 7.99. The van der Waals surface area contributed by atoms with E-state index in [4.69, 9.17) is 0 Å². The molecule has 1 aliphatic rings. The molecule has 1 aromatic heterocycles. The van der Waals surface area contributed by atoms with Crippen LogP contribution in [-0.2, 0) is 11.3 Å². The van der Waals surface area contributed by atoms with Gasteiger partial charge in [-0.25, -0.2) is 4.98 Å². The Morgan fingerprint density at radius 1 is 1.07 bits per heavy atom. The van der Waals surface area contributed by atoms with Crippen molar-refractivity contribution < 1.29 is 9.69 Å². The van der Waals surface area contributed by atoms with Gasteiger partial charge in [0.1, 0.15) is 6.54 Å². The number of benzene rings is 2. The number of likely N-dealkylation sites (tertiary alicyclic amines) is 1. The van der Waals surface area contributed by atoms with E-state index in [1.54, 1.807) is 4.90 Å². The molecule has 3 N–H and O–H groups in total. The number of rotatable bonds is 7. The quantitative estimate of drug-likeness (QED) is 0.538. The summed E-state index contributed by atoms with van der Waals surface area (Å²) in [5.41, 5.74) is 3.12. The summed E-state index contributed by atoms with van der Waals surface area (Å²) in [6, 6.07) is 18.0. The zero-order valence-corrected chi connectivity index (χ0v) is 16.5. The molecule has 0 unspecified atom stereocenters. The Morgan fingerprint density at radius 3 is 2.57 bits per heavy atom. The lowest BCUT2D eigenvalue weighted by atomic mass is 10.2. The predicted molar refractivity (Wildman–Crippen MR) is 111 cm³/mol. The van der Waals surface area contributed by atoms with Gasteiger partial charge in [0, 0.05) is 29.7 Å². The molecule has 1 saturated heterocycles. The van der Waals surface area contributed by atoms with Crippen molar-refractivity contribution in [2.24, 2.45) is 0 Å². The molecular formula is C21H24N5OS+. The summed E-state index contributed by atoms with van der Waals surface area (Å²) in [6.45, 7) is 3.60. The van der Waals surface area contributed by atoms with Crippen molar-refractivity contribution in [1.82, 2.24) is 15.2 Å². The second kappa shape index (κ2) is 9.03. The van der Waals surface area contributed by atoms with Crippen LogP contribution in [0.1, 0.15) is 18.4 Å². The first-order valence-electron chi connectivity index (χ1n) is 9.59. The highest BCUT2D eigenvalue weighted by Gasteiger charge is 2.15. The fourth-order valence-corrected chi connectivity index (χ4v) is 4.01. The molecule has 4 rings (SSSR count). The largest absolute Gasteiger partial charge is 0.331 e. The predicted octanol–water partition coefficient (Wildman–Crippen LogP) is 2.38. The van der Waals surface area contributed by atoms with Gasteiger partial charge in [-0.2, -0.15) is 0 Å². The summed E-state index contributed by atoms with van der Waals surface area (Å²) in [5, 5.41) is 10.6. The van der Waals surface area contributed by atoms with Crippen LogP contribution in [0.15, 0.2) is 59.8 Å². The molecule has 0 bridgehead atoms. The van der Waals surface area contributed by atoms with Crippen LogP contribution in [0.5, 0.6) is 0 Å². The number of hydrogen-bond acceptors (Lipinski definition) is 4. The van der Waals surface area contributed by atoms with E-state index in [2.05, 4.69) is 32.6 Å². The van der Waals surface area contributed by atoms with Gasteiger partial charge in [-0.1, -0.05) is 54.2 Å². The molecule has 7 heteroatoms. The number of hydrogen-bond donors (Lipinski definition) is 3. The van der Waals surface area contributed by atoms with E-state index in [9.17, 15) is 4.79 Å². The van der Waals surface area contributed by atoms with Gasteiger partial charge in [-0.05, 0) is 12.1 Å². The number of anilines is 1. The summed E-state index contributed by atoms with van der Waals surface area (Å²) in [5.74, 6) is 0.916. The monoisotopic (exact) mass is 394 g/mol. The van der Waals surface area contributed by atoms with Crippen LogP contribution in [0.2, 0.25) is 0 Å². The second-order valence-corrected chi connectivity index (χ2v) is 7.94. The van der Waals surface area contributed by atoms with Crippen LogP contribution < -0.4 is 10.2 Å². The molecule has 0 aliphatic carbocycles. The summed E-state index contributed by atoms with van der Waals surface area (Å²) in [7, 11) is 0. The Hall–Kier alpha value is -2.64. The van der Waals surface area contributed by atoms with Crippen molar-refractivity contribution in [2.45, 2.75) is 24.5 Å². The molecule has 2 aromatic carbocycles. The minimum atomic E-state index is -0.0611. The zero-order chi connectivity index (χ0) is 19.2. The van der Waals surface area contributed by atoms with Gasteiger partial charge >= 0.3 is 0 Å². The van der Waals surface area contributed by atoms with Crippen molar-refractivity contribution in [3.8, 4) is 11.4 Å². The zero-order valence-electron chi connectivity index (χ0n) is 15.6. The molecule has 0 atom stereocenters. The topological polar surface area (TPSA) is 75.1 Å². The molecule has 2 heterocycles. The van der Waals surface area contributed by atoms with Crippen LogP contribution in [0.4, 0.5) is 5.69 Å². The van der Waals surface area contributed by atoms with Gasteiger partial charge in [-0.3, -0.25) is 9.89 Å². The van der Waals surface area contributed by atoms with Crippen LogP contribution in [0.3, 0.4) is 0 Å². The van der Waals surface area contributed by atoms with Crippen molar-refractivity contribution in [3.05, 3.63) is 60.2 Å². The molecule has 28 heavy (non-hydrogen) atoms. The Bertz CT molecular complexity index is 904. The number of aromatic amines is 1. The number of carbonyl (C=O) groups is 1. The molecular weight excluding hydrogens is 370 g/mol. The SMILES string of the molecule is O=C(CSc1n[nH]c(-c2ccccc2)n1)Nc1ccc(C[NH+]2CCCC2)cc1. The first-order valence-corrected chi connectivity index (χ1v) is 10.6. The van der Waals surface area contributed by atoms with E-state index in [1.165, 1.54) is 43.3 Å². The van der Waals surface area contributed by atoms with Gasteiger partial charge in [0.15, 0.2) is 5.82 Å². The van der Waals surface area contributed by atoms with Crippen molar-refractivity contribution in [1.29, 1.82) is 0 Å². The minimum Gasteiger partial charge on any atom is -0.331 e. The number of carbonyl (C=O) groups excluding carboxylic acids is 1. The second-order valence-electron chi connectivity index (χ2n) is 7.00. The molecule has 0 spiro atoms. The maximum Gasteiger partial charge on any atom is 0.234 e. The van der Waals surface area contributed by atoms with Crippen LogP contribution in [-0.4, -0.2) is 39.9 Å². The standard InChI is InChI=1S/C21H23N5OS/c27-19(15-28-21-23-20(24-25-21)17-6-2-1-3-7-17)22-18-10-8-16(9-11-18)14-26-12-4-5-13-26/h1-3,6-11H,4-5,12-15H2,(H,22,27)(H,23,24,25)/p+1. The molecule has 3 aromatic rings. The van der Waals surface area contributed by atoms with E-state index in [1.807, 2.05) is 42.5 Å². The number of H-pyrrole nitrogens is 1. The molecule has 0 radical (unpaired) electrons. The molecule has 1 amide bonds. The third-order valence-corrected chi connectivity index (χ3v) is 5.69. The van der Waals surface area contributed by atoms with Crippen molar-refractivity contribution >= 4 is 23.4 Å². The van der Waals surface area contributed by atoms with E-state index >= 15 is 0 Å². The van der Waals surface area contributed by atoms with Crippen LogP contribution in [0, 0.1) is 0 Å². The molecule has 144 valence electrons. The van der Waals surface area contributed by atoms with Gasteiger partial charge in [0.25, 0.3) is 0 Å². The lowest BCUT2D eigenvalue weighted by Crippen LogP contribution is -3.08. The van der Waals surface area contributed by atoms with Crippen LogP contribution >= 0.6 is 11.8 Å². The highest BCUT2D eigenvalue weighted by atomic mass is 32.2. The summed E-state index contributed by atoms with van der Waals surface area (Å²) in [4.78, 5) is 18.3. The molecule has 6 nitrogen and oxygen atoms in total. The minimum absolute atomic E-state index is 0.0611. The average Bonchev–Trinajstić information content (AvgIpc) is 3.41. The van der Waals surface area contributed by atoms with Gasteiger partial charge < -0.3 is 10.2 Å². The number of thioether (sulfide) groups is 1. The number of nitrogens with zero attached hydrogens (tertiary/aromatic N) is 2. The van der Waals surface area contributed by atoms with E-state index in [0.717, 1.165) is 17.8 Å². The lowest BCUT2D eigenvalue weighted by molar-refractivity contribution is -0.901. The lowest BCUT2D eigenvalue weighted by Gasteiger charge is -2.12. The molecule has 0 saturated carbocycles. The normalized spacial score (nSPS) is 14.3. The first-order chi connectivity index (χ1) is 13.8. The third-order valence-electron chi connectivity index (χ3n) is 4.85.